The van der Waals surface area contributed by atoms with E-state index in [0.29, 0.717) is 0 Å². The van der Waals surface area contributed by atoms with Crippen LogP contribution in [0.3, 0.4) is 0 Å². The zero-order valence-electron chi connectivity index (χ0n) is 13.8. The third-order valence-electron chi connectivity index (χ3n) is 4.48. The average Bonchev–Trinajstić information content (AvgIpc) is 2.66. The van der Waals surface area contributed by atoms with E-state index in [1.54, 1.807) is 7.11 Å². The molecule has 4 aromatic rings. The fourth-order valence-corrected chi connectivity index (χ4v) is 5.22. The van der Waals surface area contributed by atoms with E-state index in [1.165, 1.54) is 3.57 Å². The molecule has 0 radical (unpaired) electrons. The first-order chi connectivity index (χ1) is 12.6. The van der Waals surface area contributed by atoms with Crippen molar-refractivity contribution in [2.45, 2.75) is 4.90 Å². The lowest BCUT2D eigenvalue weighted by Gasteiger charge is -2.17. The van der Waals surface area contributed by atoms with Crippen LogP contribution < -0.4 is 4.74 Å². The van der Waals surface area contributed by atoms with E-state index in [9.17, 15) is 4.21 Å². The normalized spacial score (nSPS) is 12.4. The van der Waals surface area contributed by atoms with Gasteiger partial charge in [0, 0.05) is 29.5 Å². The van der Waals surface area contributed by atoms with Crippen LogP contribution >= 0.6 is 37.4 Å². The van der Waals surface area contributed by atoms with Crippen molar-refractivity contribution in [3.05, 3.63) is 70.3 Å². The van der Waals surface area contributed by atoms with Crippen molar-refractivity contribution >= 4 is 68.2 Å². The summed E-state index contributed by atoms with van der Waals surface area (Å²) in [5.41, 5.74) is 1.92. The summed E-state index contributed by atoms with van der Waals surface area (Å²) in [7, 11) is 0.375. The Morgan fingerprint density at radius 2 is 1.62 bits per heavy atom. The van der Waals surface area contributed by atoms with Crippen molar-refractivity contribution in [2.75, 3.05) is 7.11 Å². The summed E-state index contributed by atoms with van der Waals surface area (Å²) >= 11 is 5.59. The predicted octanol–water partition coefficient (Wildman–Crippen LogP) is 6.69. The SMILES string of the molecule is COc1ccc2cc(I)ccc2c1-c1c(S(=O)Br)ccc2ccccc12. The zero-order valence-corrected chi connectivity index (χ0v) is 18.4. The summed E-state index contributed by atoms with van der Waals surface area (Å²) in [6.07, 6.45) is 0. The van der Waals surface area contributed by atoms with Crippen molar-refractivity contribution < 1.29 is 8.95 Å². The van der Waals surface area contributed by atoms with Crippen molar-refractivity contribution in [1.82, 2.24) is 0 Å². The van der Waals surface area contributed by atoms with Crippen LogP contribution in [0.15, 0.2) is 71.6 Å². The van der Waals surface area contributed by atoms with Gasteiger partial charge in [0.15, 0.2) is 0 Å². The van der Waals surface area contributed by atoms with Gasteiger partial charge in [0.05, 0.1) is 12.0 Å². The quantitative estimate of drug-likeness (QED) is 0.215. The molecule has 0 heterocycles. The van der Waals surface area contributed by atoms with Crippen LogP contribution in [0.2, 0.25) is 0 Å². The number of benzene rings is 4. The van der Waals surface area contributed by atoms with Crippen molar-refractivity contribution in [3.8, 4) is 16.9 Å². The summed E-state index contributed by atoms with van der Waals surface area (Å²) in [5, 5.41) is 4.38. The molecular weight excluding hydrogens is 523 g/mol. The van der Waals surface area contributed by atoms with E-state index < -0.39 is 9.23 Å². The lowest BCUT2D eigenvalue weighted by Crippen LogP contribution is -1.95. The number of hydrogen-bond acceptors (Lipinski definition) is 2. The third-order valence-corrected chi connectivity index (χ3v) is 6.88. The predicted molar refractivity (Wildman–Crippen MR) is 121 cm³/mol. The van der Waals surface area contributed by atoms with Gasteiger partial charge in [-0.1, -0.05) is 42.5 Å². The molecule has 0 aliphatic carbocycles. The number of ether oxygens (including phenoxy) is 1. The molecule has 0 amide bonds. The smallest absolute Gasteiger partial charge is 0.127 e. The Morgan fingerprint density at radius 3 is 2.38 bits per heavy atom. The molecule has 2 nitrogen and oxygen atoms in total. The minimum absolute atomic E-state index is 0.744. The van der Waals surface area contributed by atoms with Gasteiger partial charge >= 0.3 is 0 Å². The van der Waals surface area contributed by atoms with E-state index in [1.807, 2.05) is 30.3 Å². The third kappa shape index (κ3) is 3.06. The summed E-state index contributed by atoms with van der Waals surface area (Å²) in [6.45, 7) is 0. The minimum Gasteiger partial charge on any atom is -0.496 e. The maximum Gasteiger partial charge on any atom is 0.127 e. The van der Waals surface area contributed by atoms with Crippen molar-refractivity contribution in [2.24, 2.45) is 0 Å². The first-order valence-corrected chi connectivity index (χ1v) is 12.0. The molecule has 0 aliphatic rings. The van der Waals surface area contributed by atoms with E-state index in [0.717, 1.165) is 43.3 Å². The molecular formula is C21H14BrIO2S. The second-order valence-electron chi connectivity index (χ2n) is 5.89. The topological polar surface area (TPSA) is 26.3 Å². The van der Waals surface area contributed by atoms with Crippen LogP contribution in [0.4, 0.5) is 0 Å². The highest BCUT2D eigenvalue weighted by molar-refractivity contribution is 14.1. The lowest BCUT2D eigenvalue weighted by atomic mass is 9.93. The molecule has 5 heteroatoms. The zero-order chi connectivity index (χ0) is 18.3. The van der Waals surface area contributed by atoms with E-state index in [-0.39, 0.29) is 0 Å². The van der Waals surface area contributed by atoms with Gasteiger partial charge in [0.25, 0.3) is 0 Å². The molecule has 4 rings (SSSR count). The Hall–Kier alpha value is -1.44. The van der Waals surface area contributed by atoms with Gasteiger partial charge in [-0.25, -0.2) is 4.21 Å². The number of methoxy groups -OCH3 is 1. The van der Waals surface area contributed by atoms with E-state index in [2.05, 4.69) is 73.8 Å². The fourth-order valence-electron chi connectivity index (χ4n) is 3.35. The molecule has 0 aliphatic heterocycles. The lowest BCUT2D eigenvalue weighted by molar-refractivity contribution is 0.417. The minimum atomic E-state index is -1.30. The van der Waals surface area contributed by atoms with Crippen LogP contribution in [-0.2, 0) is 9.23 Å². The van der Waals surface area contributed by atoms with Gasteiger partial charge in [-0.2, -0.15) is 0 Å². The number of fused-ring (bicyclic) bond motifs is 2. The fraction of sp³-hybridized carbons (Fsp3) is 0.0476. The number of rotatable bonds is 3. The molecule has 0 N–H and O–H groups in total. The molecule has 4 aromatic carbocycles. The summed E-state index contributed by atoms with van der Waals surface area (Å²) in [6, 6.07) is 22.5. The van der Waals surface area contributed by atoms with Crippen LogP contribution in [-0.4, -0.2) is 11.3 Å². The Bertz CT molecular complexity index is 1170. The van der Waals surface area contributed by atoms with Gasteiger partial charge in [0.1, 0.15) is 15.0 Å². The van der Waals surface area contributed by atoms with Crippen LogP contribution in [0.5, 0.6) is 5.75 Å². The Morgan fingerprint density at radius 1 is 0.885 bits per heavy atom. The second kappa shape index (κ2) is 7.29. The van der Waals surface area contributed by atoms with Gasteiger partial charge in [-0.3, -0.25) is 0 Å². The Kier molecular flexibility index (Phi) is 5.03. The van der Waals surface area contributed by atoms with Crippen LogP contribution in [0.1, 0.15) is 0 Å². The summed E-state index contributed by atoms with van der Waals surface area (Å²) in [5.74, 6) is 0.772. The molecule has 26 heavy (non-hydrogen) atoms. The van der Waals surface area contributed by atoms with Crippen LogP contribution in [0.25, 0.3) is 32.7 Å². The highest BCUT2D eigenvalue weighted by atomic mass is 127. The van der Waals surface area contributed by atoms with E-state index in [4.69, 9.17) is 4.74 Å². The Balaban J connectivity index is 2.23. The standard InChI is InChI=1S/C21H14BrIO2S/c1-25-18-10-6-14-12-15(23)8-9-17(14)20(18)21-16-5-3-2-4-13(16)7-11-19(21)26(22)24/h2-12H,1H3. The van der Waals surface area contributed by atoms with Crippen molar-refractivity contribution in [3.63, 3.8) is 0 Å². The van der Waals surface area contributed by atoms with Crippen LogP contribution in [0, 0.1) is 3.57 Å². The van der Waals surface area contributed by atoms with Gasteiger partial charge < -0.3 is 4.74 Å². The second-order valence-corrected chi connectivity index (χ2v) is 9.79. The molecule has 0 spiro atoms. The Labute approximate surface area is 175 Å². The highest BCUT2D eigenvalue weighted by Gasteiger charge is 2.19. The van der Waals surface area contributed by atoms with Crippen molar-refractivity contribution in [1.29, 1.82) is 0 Å². The molecule has 0 bridgehead atoms. The van der Waals surface area contributed by atoms with E-state index >= 15 is 0 Å². The van der Waals surface area contributed by atoms with Gasteiger partial charge in [-0.05, 0) is 68.4 Å². The largest absolute Gasteiger partial charge is 0.496 e. The molecule has 0 saturated carbocycles. The highest BCUT2D eigenvalue weighted by Crippen LogP contribution is 2.44. The molecule has 0 saturated heterocycles. The number of halogens is 2. The molecule has 1 unspecified atom stereocenters. The molecule has 1 atom stereocenters. The molecule has 0 aromatic heterocycles. The molecule has 0 fully saturated rings. The summed E-state index contributed by atoms with van der Waals surface area (Å²) < 4.78 is 19.3. The van der Waals surface area contributed by atoms with Gasteiger partial charge in [0.2, 0.25) is 0 Å². The average molecular weight is 537 g/mol. The summed E-state index contributed by atoms with van der Waals surface area (Å²) in [4.78, 5) is 0.744. The number of hydrogen-bond donors (Lipinski definition) is 0. The molecule has 130 valence electrons. The first kappa shape index (κ1) is 17.9. The maximum absolute atomic E-state index is 12.5. The monoisotopic (exact) mass is 536 g/mol. The van der Waals surface area contributed by atoms with Gasteiger partial charge in [-0.15, -0.1) is 0 Å². The maximum atomic E-state index is 12.5. The first-order valence-electron chi connectivity index (χ1n) is 7.96.